The van der Waals surface area contributed by atoms with Crippen molar-refractivity contribution in [3.8, 4) is 0 Å². The molecule has 0 radical (unpaired) electrons. The van der Waals surface area contributed by atoms with Crippen molar-refractivity contribution in [1.29, 1.82) is 0 Å². The van der Waals surface area contributed by atoms with E-state index in [0.717, 1.165) is 32.4 Å². The first-order chi connectivity index (χ1) is 8.60. The molecule has 3 nitrogen and oxygen atoms in total. The number of nitrogens with one attached hydrogen (secondary N) is 1. The average Bonchev–Trinajstić information content (AvgIpc) is 2.74. The molecule has 1 saturated heterocycles. The second-order valence-electron chi connectivity index (χ2n) is 6.62. The number of hydrogen-bond acceptors (Lipinski definition) is 3. The molecular weight excluding hydrogens is 226 g/mol. The van der Waals surface area contributed by atoms with Gasteiger partial charge in [-0.15, -0.1) is 0 Å². The Hall–Kier alpha value is -0.120. The van der Waals surface area contributed by atoms with Crippen LogP contribution in [-0.2, 0) is 4.74 Å². The lowest BCUT2D eigenvalue weighted by Crippen LogP contribution is -2.47. The molecule has 1 saturated carbocycles. The third-order valence-corrected chi connectivity index (χ3v) is 4.39. The summed E-state index contributed by atoms with van der Waals surface area (Å²) < 4.78 is 6.03. The van der Waals surface area contributed by atoms with E-state index < -0.39 is 0 Å². The highest BCUT2D eigenvalue weighted by atomic mass is 16.5. The molecule has 2 N–H and O–H groups in total. The monoisotopic (exact) mass is 255 g/mol. The molecule has 1 aliphatic carbocycles. The van der Waals surface area contributed by atoms with E-state index in [1.807, 2.05) is 0 Å². The summed E-state index contributed by atoms with van der Waals surface area (Å²) in [6, 6.07) is 0.540. The number of aliphatic hydroxyl groups excluding tert-OH is 1. The topological polar surface area (TPSA) is 41.5 Å². The second-order valence-corrected chi connectivity index (χ2v) is 6.62. The van der Waals surface area contributed by atoms with Crippen LogP contribution in [0.5, 0.6) is 0 Å². The maximum atomic E-state index is 9.91. The zero-order valence-corrected chi connectivity index (χ0v) is 12.0. The van der Waals surface area contributed by atoms with Crippen LogP contribution in [-0.4, -0.2) is 36.0 Å². The molecule has 0 bridgehead atoms. The molecule has 1 aliphatic heterocycles. The van der Waals surface area contributed by atoms with Gasteiger partial charge in [0, 0.05) is 19.2 Å². The Kier molecular flexibility index (Phi) is 5.05. The van der Waals surface area contributed by atoms with Crippen molar-refractivity contribution in [1.82, 2.24) is 5.32 Å². The van der Waals surface area contributed by atoms with Gasteiger partial charge in [-0.2, -0.15) is 0 Å². The predicted molar refractivity (Wildman–Crippen MR) is 73.6 cm³/mol. The number of rotatable bonds is 5. The van der Waals surface area contributed by atoms with Gasteiger partial charge in [0.15, 0.2) is 0 Å². The predicted octanol–water partition coefficient (Wildman–Crippen LogP) is 2.47. The molecule has 18 heavy (non-hydrogen) atoms. The van der Waals surface area contributed by atoms with E-state index in [1.54, 1.807) is 0 Å². The van der Waals surface area contributed by atoms with Gasteiger partial charge >= 0.3 is 0 Å². The summed E-state index contributed by atoms with van der Waals surface area (Å²) in [5.74, 6) is 0.567. The largest absolute Gasteiger partial charge is 0.392 e. The quantitative estimate of drug-likeness (QED) is 0.793. The normalized spacial score (nSPS) is 29.0. The van der Waals surface area contributed by atoms with Gasteiger partial charge in [-0.3, -0.25) is 0 Å². The molecule has 3 heteroatoms. The standard InChI is InChI=1S/C15H29NO2/c1-12(2)9-14(17)11-16-13-5-8-18-15(10-13)6-3-4-7-15/h12-14,16-17H,3-11H2,1-2H3. The van der Waals surface area contributed by atoms with E-state index in [1.165, 1.54) is 25.7 Å². The Morgan fingerprint density at radius 3 is 2.72 bits per heavy atom. The smallest absolute Gasteiger partial charge is 0.0697 e. The van der Waals surface area contributed by atoms with E-state index >= 15 is 0 Å². The Morgan fingerprint density at radius 2 is 2.06 bits per heavy atom. The maximum absolute atomic E-state index is 9.91. The lowest BCUT2D eigenvalue weighted by Gasteiger charge is -2.39. The number of aliphatic hydroxyl groups is 1. The molecule has 2 rings (SSSR count). The Morgan fingerprint density at radius 1 is 1.33 bits per heavy atom. The van der Waals surface area contributed by atoms with Crippen molar-refractivity contribution >= 4 is 0 Å². The highest BCUT2D eigenvalue weighted by Crippen LogP contribution is 2.39. The highest BCUT2D eigenvalue weighted by molar-refractivity contribution is 4.93. The van der Waals surface area contributed by atoms with Crippen molar-refractivity contribution < 1.29 is 9.84 Å². The molecule has 2 aliphatic rings. The van der Waals surface area contributed by atoms with E-state index in [2.05, 4.69) is 19.2 Å². The van der Waals surface area contributed by atoms with Crippen LogP contribution < -0.4 is 5.32 Å². The zero-order valence-electron chi connectivity index (χ0n) is 12.0. The Labute approximate surface area is 111 Å². The molecule has 0 aromatic rings. The highest BCUT2D eigenvalue weighted by Gasteiger charge is 2.39. The first-order valence-electron chi connectivity index (χ1n) is 7.65. The average molecular weight is 255 g/mol. The van der Waals surface area contributed by atoms with Crippen molar-refractivity contribution in [2.24, 2.45) is 5.92 Å². The van der Waals surface area contributed by atoms with Gasteiger partial charge in [-0.1, -0.05) is 26.7 Å². The summed E-state index contributed by atoms with van der Waals surface area (Å²) in [7, 11) is 0. The zero-order chi connectivity index (χ0) is 13.0. The summed E-state index contributed by atoms with van der Waals surface area (Å²) >= 11 is 0. The van der Waals surface area contributed by atoms with Gasteiger partial charge in [-0.05, 0) is 38.0 Å². The van der Waals surface area contributed by atoms with E-state index in [9.17, 15) is 5.11 Å². The van der Waals surface area contributed by atoms with E-state index in [-0.39, 0.29) is 11.7 Å². The van der Waals surface area contributed by atoms with Gasteiger partial charge < -0.3 is 15.2 Å². The van der Waals surface area contributed by atoms with E-state index in [4.69, 9.17) is 4.74 Å². The second kappa shape index (κ2) is 6.36. The van der Waals surface area contributed by atoms with Gasteiger partial charge in [0.25, 0.3) is 0 Å². The molecule has 0 aromatic heterocycles. The minimum Gasteiger partial charge on any atom is -0.392 e. The van der Waals surface area contributed by atoms with Gasteiger partial charge in [-0.25, -0.2) is 0 Å². The first kappa shape index (κ1) is 14.3. The fourth-order valence-corrected chi connectivity index (χ4v) is 3.50. The third-order valence-electron chi connectivity index (χ3n) is 4.39. The molecular formula is C15H29NO2. The molecule has 1 spiro atoms. The van der Waals surface area contributed by atoms with Crippen LogP contribution in [0.4, 0.5) is 0 Å². The van der Waals surface area contributed by atoms with Crippen molar-refractivity contribution in [2.75, 3.05) is 13.2 Å². The van der Waals surface area contributed by atoms with Crippen molar-refractivity contribution in [3.05, 3.63) is 0 Å². The minimum absolute atomic E-state index is 0.179. The van der Waals surface area contributed by atoms with Crippen LogP contribution in [0.3, 0.4) is 0 Å². The first-order valence-corrected chi connectivity index (χ1v) is 7.65. The SMILES string of the molecule is CC(C)CC(O)CNC1CCOC2(CCCC2)C1. The van der Waals surface area contributed by atoms with E-state index in [0.29, 0.717) is 12.0 Å². The Bertz CT molecular complexity index is 249. The molecule has 106 valence electrons. The summed E-state index contributed by atoms with van der Waals surface area (Å²) in [4.78, 5) is 0. The lowest BCUT2D eigenvalue weighted by atomic mass is 9.89. The van der Waals surface area contributed by atoms with Crippen LogP contribution in [0.15, 0.2) is 0 Å². The molecule has 0 aromatic carbocycles. The van der Waals surface area contributed by atoms with Gasteiger partial charge in [0.2, 0.25) is 0 Å². The molecule has 1 heterocycles. The summed E-state index contributed by atoms with van der Waals surface area (Å²) in [5, 5.41) is 13.5. The van der Waals surface area contributed by atoms with Crippen LogP contribution in [0.25, 0.3) is 0 Å². The molecule has 0 amide bonds. The third kappa shape index (κ3) is 3.94. The van der Waals surface area contributed by atoms with Crippen molar-refractivity contribution in [2.45, 2.75) is 76.5 Å². The van der Waals surface area contributed by atoms with Crippen LogP contribution >= 0.6 is 0 Å². The lowest BCUT2D eigenvalue weighted by molar-refractivity contribution is -0.0844. The number of ether oxygens (including phenoxy) is 1. The fourth-order valence-electron chi connectivity index (χ4n) is 3.50. The summed E-state index contributed by atoms with van der Waals surface area (Å²) in [5.41, 5.74) is 0.179. The fraction of sp³-hybridized carbons (Fsp3) is 1.00. The number of hydrogen-bond donors (Lipinski definition) is 2. The maximum Gasteiger partial charge on any atom is 0.0697 e. The van der Waals surface area contributed by atoms with Crippen LogP contribution in [0.2, 0.25) is 0 Å². The molecule has 2 fully saturated rings. The van der Waals surface area contributed by atoms with Gasteiger partial charge in [0.05, 0.1) is 11.7 Å². The minimum atomic E-state index is -0.202. The van der Waals surface area contributed by atoms with Crippen LogP contribution in [0.1, 0.15) is 58.8 Å². The molecule has 2 unspecified atom stereocenters. The van der Waals surface area contributed by atoms with Crippen molar-refractivity contribution in [3.63, 3.8) is 0 Å². The summed E-state index contributed by atoms with van der Waals surface area (Å²) in [6.07, 6.45) is 8.04. The molecule has 2 atom stereocenters. The summed E-state index contributed by atoms with van der Waals surface area (Å²) in [6.45, 7) is 5.94. The van der Waals surface area contributed by atoms with Gasteiger partial charge in [0.1, 0.15) is 0 Å². The Balaban J connectivity index is 1.72. The van der Waals surface area contributed by atoms with Crippen LogP contribution in [0, 0.1) is 5.92 Å².